The molecule has 1 aromatic heterocycles. The van der Waals surface area contributed by atoms with Crippen molar-refractivity contribution in [1.82, 2.24) is 4.98 Å². The minimum atomic E-state index is -0.383. The van der Waals surface area contributed by atoms with E-state index in [0.29, 0.717) is 16.4 Å². The Morgan fingerprint density at radius 3 is 2.39 bits per heavy atom. The normalized spacial score (nSPS) is 9.44. The maximum Gasteiger partial charge on any atom is 0.256 e. The molecule has 18 heavy (non-hydrogen) atoms. The SMILES string of the molecule is Cl.O=C(Nc1ccc(Cl)cn1)c1ccc(F)cc1. The number of amides is 1. The average Bonchev–Trinajstić information content (AvgIpc) is 2.33. The van der Waals surface area contributed by atoms with Crippen LogP contribution in [0.3, 0.4) is 0 Å². The van der Waals surface area contributed by atoms with Gasteiger partial charge in [0, 0.05) is 11.8 Å². The largest absolute Gasteiger partial charge is 0.307 e. The van der Waals surface area contributed by atoms with Crippen LogP contribution in [0.25, 0.3) is 0 Å². The molecule has 0 radical (unpaired) electrons. The van der Waals surface area contributed by atoms with Gasteiger partial charge in [0.25, 0.3) is 5.91 Å². The van der Waals surface area contributed by atoms with Crippen molar-refractivity contribution in [2.45, 2.75) is 0 Å². The quantitative estimate of drug-likeness (QED) is 0.917. The molecule has 0 unspecified atom stereocenters. The zero-order valence-electron chi connectivity index (χ0n) is 9.06. The molecule has 94 valence electrons. The number of benzene rings is 1. The van der Waals surface area contributed by atoms with Crippen LogP contribution in [-0.4, -0.2) is 10.9 Å². The molecule has 2 rings (SSSR count). The van der Waals surface area contributed by atoms with Crippen LogP contribution in [-0.2, 0) is 0 Å². The van der Waals surface area contributed by atoms with E-state index in [-0.39, 0.29) is 24.1 Å². The van der Waals surface area contributed by atoms with E-state index in [2.05, 4.69) is 10.3 Å². The van der Waals surface area contributed by atoms with Crippen molar-refractivity contribution >= 4 is 35.7 Å². The van der Waals surface area contributed by atoms with Gasteiger partial charge in [0.2, 0.25) is 0 Å². The number of anilines is 1. The van der Waals surface area contributed by atoms with E-state index < -0.39 is 0 Å². The summed E-state index contributed by atoms with van der Waals surface area (Å²) < 4.78 is 12.7. The number of aromatic nitrogens is 1. The van der Waals surface area contributed by atoms with Crippen molar-refractivity contribution < 1.29 is 9.18 Å². The molecule has 2 aromatic rings. The van der Waals surface area contributed by atoms with Crippen molar-refractivity contribution in [3.63, 3.8) is 0 Å². The van der Waals surface area contributed by atoms with Gasteiger partial charge in [-0.3, -0.25) is 4.79 Å². The third-order valence-electron chi connectivity index (χ3n) is 2.08. The summed E-state index contributed by atoms with van der Waals surface area (Å²) in [5.74, 6) is -0.338. The summed E-state index contributed by atoms with van der Waals surface area (Å²) in [6, 6.07) is 8.47. The van der Waals surface area contributed by atoms with Crippen LogP contribution in [0.15, 0.2) is 42.6 Å². The summed E-state index contributed by atoms with van der Waals surface area (Å²) in [5.41, 5.74) is 0.364. The Hall–Kier alpha value is -1.65. The molecule has 1 heterocycles. The third-order valence-corrected chi connectivity index (χ3v) is 2.30. The van der Waals surface area contributed by atoms with Gasteiger partial charge in [-0.2, -0.15) is 0 Å². The van der Waals surface area contributed by atoms with Crippen LogP contribution in [0.5, 0.6) is 0 Å². The molecule has 0 aliphatic heterocycles. The summed E-state index contributed by atoms with van der Waals surface area (Å²) in [4.78, 5) is 15.6. The molecule has 3 nitrogen and oxygen atoms in total. The Morgan fingerprint density at radius 1 is 1.17 bits per heavy atom. The van der Waals surface area contributed by atoms with Gasteiger partial charge in [-0.25, -0.2) is 9.37 Å². The van der Waals surface area contributed by atoms with Crippen LogP contribution in [0.4, 0.5) is 10.2 Å². The molecule has 0 saturated heterocycles. The van der Waals surface area contributed by atoms with E-state index in [1.54, 1.807) is 12.1 Å². The highest BCUT2D eigenvalue weighted by atomic mass is 35.5. The van der Waals surface area contributed by atoms with Gasteiger partial charge in [-0.15, -0.1) is 12.4 Å². The lowest BCUT2D eigenvalue weighted by molar-refractivity contribution is 0.102. The number of halogens is 3. The summed E-state index contributed by atoms with van der Waals surface area (Å²) in [6.07, 6.45) is 1.43. The summed E-state index contributed by atoms with van der Waals surface area (Å²) in [6.45, 7) is 0. The van der Waals surface area contributed by atoms with Gasteiger partial charge in [-0.1, -0.05) is 11.6 Å². The van der Waals surface area contributed by atoms with Crippen LogP contribution < -0.4 is 5.32 Å². The van der Waals surface area contributed by atoms with Gasteiger partial charge < -0.3 is 5.32 Å². The Labute approximate surface area is 114 Å². The van der Waals surface area contributed by atoms with Gasteiger partial charge in [-0.05, 0) is 36.4 Å². The minimum Gasteiger partial charge on any atom is -0.307 e. The topological polar surface area (TPSA) is 42.0 Å². The monoisotopic (exact) mass is 286 g/mol. The molecule has 1 amide bonds. The molecular weight excluding hydrogens is 278 g/mol. The fourth-order valence-electron chi connectivity index (χ4n) is 1.24. The molecule has 0 atom stereocenters. The second kappa shape index (κ2) is 6.33. The fraction of sp³-hybridized carbons (Fsp3) is 0. The van der Waals surface area contributed by atoms with Crippen molar-refractivity contribution in [1.29, 1.82) is 0 Å². The first kappa shape index (κ1) is 14.4. The number of pyridine rings is 1. The first-order valence-corrected chi connectivity index (χ1v) is 5.21. The maximum absolute atomic E-state index is 12.7. The second-order valence-electron chi connectivity index (χ2n) is 3.32. The lowest BCUT2D eigenvalue weighted by Crippen LogP contribution is -2.12. The fourth-order valence-corrected chi connectivity index (χ4v) is 1.35. The number of nitrogens with zero attached hydrogens (tertiary/aromatic N) is 1. The molecule has 0 saturated carbocycles. The summed E-state index contributed by atoms with van der Waals surface area (Å²) in [5, 5.41) is 3.06. The van der Waals surface area contributed by atoms with E-state index in [1.807, 2.05) is 0 Å². The molecule has 0 aliphatic carbocycles. The summed E-state index contributed by atoms with van der Waals surface area (Å²) >= 11 is 5.67. The van der Waals surface area contributed by atoms with Gasteiger partial charge in [0.15, 0.2) is 0 Å². The summed E-state index contributed by atoms with van der Waals surface area (Å²) in [7, 11) is 0. The highest BCUT2D eigenvalue weighted by Gasteiger charge is 2.06. The van der Waals surface area contributed by atoms with Crippen molar-refractivity contribution in [2.75, 3.05) is 5.32 Å². The minimum absolute atomic E-state index is 0. The van der Waals surface area contributed by atoms with Crippen LogP contribution in [0.2, 0.25) is 5.02 Å². The maximum atomic E-state index is 12.7. The lowest BCUT2D eigenvalue weighted by atomic mass is 10.2. The van der Waals surface area contributed by atoms with E-state index >= 15 is 0 Å². The molecule has 0 aliphatic rings. The number of carbonyl (C=O) groups excluding carboxylic acids is 1. The standard InChI is InChI=1S/C12H8ClFN2O.ClH/c13-9-3-6-11(15-7-9)16-12(17)8-1-4-10(14)5-2-8;/h1-7H,(H,15,16,17);1H. The highest BCUT2D eigenvalue weighted by molar-refractivity contribution is 6.30. The number of hydrogen-bond acceptors (Lipinski definition) is 2. The predicted octanol–water partition coefficient (Wildman–Crippen LogP) is 3.55. The third kappa shape index (κ3) is 3.68. The van der Waals surface area contributed by atoms with Crippen LogP contribution in [0.1, 0.15) is 10.4 Å². The Morgan fingerprint density at radius 2 is 1.83 bits per heavy atom. The highest BCUT2D eigenvalue weighted by Crippen LogP contribution is 2.11. The smallest absolute Gasteiger partial charge is 0.256 e. The molecule has 0 bridgehead atoms. The molecule has 6 heteroatoms. The molecular formula is C12H9Cl2FN2O. The van der Waals surface area contributed by atoms with Gasteiger partial charge in [0.05, 0.1) is 5.02 Å². The van der Waals surface area contributed by atoms with Gasteiger partial charge >= 0.3 is 0 Å². The predicted molar refractivity (Wildman–Crippen MR) is 70.8 cm³/mol. The van der Waals surface area contributed by atoms with E-state index in [1.165, 1.54) is 30.5 Å². The van der Waals surface area contributed by atoms with Gasteiger partial charge in [0.1, 0.15) is 11.6 Å². The molecule has 0 fully saturated rings. The molecule has 1 aromatic carbocycles. The van der Waals surface area contributed by atoms with E-state index in [4.69, 9.17) is 11.6 Å². The van der Waals surface area contributed by atoms with Crippen molar-refractivity contribution in [3.8, 4) is 0 Å². The number of carbonyl (C=O) groups is 1. The Balaban J connectivity index is 0.00000162. The van der Waals surface area contributed by atoms with Crippen molar-refractivity contribution in [3.05, 3.63) is 59.0 Å². The number of rotatable bonds is 2. The average molecular weight is 287 g/mol. The number of nitrogens with one attached hydrogen (secondary N) is 1. The zero-order valence-corrected chi connectivity index (χ0v) is 10.6. The first-order valence-electron chi connectivity index (χ1n) is 4.83. The second-order valence-corrected chi connectivity index (χ2v) is 3.76. The Kier molecular flexibility index (Phi) is 5.07. The molecule has 0 spiro atoms. The number of hydrogen-bond donors (Lipinski definition) is 1. The van der Waals surface area contributed by atoms with E-state index in [0.717, 1.165) is 0 Å². The van der Waals surface area contributed by atoms with Crippen LogP contribution in [0, 0.1) is 5.82 Å². The van der Waals surface area contributed by atoms with E-state index in [9.17, 15) is 9.18 Å². The zero-order chi connectivity index (χ0) is 12.3. The Bertz CT molecular complexity index is 529. The van der Waals surface area contributed by atoms with Crippen LogP contribution >= 0.6 is 24.0 Å². The van der Waals surface area contributed by atoms with Crippen molar-refractivity contribution in [2.24, 2.45) is 0 Å². The lowest BCUT2D eigenvalue weighted by Gasteiger charge is -2.04. The first-order chi connectivity index (χ1) is 8.15. The molecule has 1 N–H and O–H groups in total.